The SMILES string of the molecule is O=C(CCCCCCC(=O)Nc1ccc(C2O[C@@H](CCc3nc(-c4ccccc4)c(-c4ccccc4)o3)C[C@@H](c3ccc(CO)cc3)O2)cc1)NO. The first kappa shape index (κ1) is 36.7. The molecule has 4 aromatic carbocycles. The highest BCUT2D eigenvalue weighted by Gasteiger charge is 2.32. The third-order valence-corrected chi connectivity index (χ3v) is 9.20. The van der Waals surface area contributed by atoms with Crippen molar-refractivity contribution in [1.29, 1.82) is 0 Å². The summed E-state index contributed by atoms with van der Waals surface area (Å²) in [5.41, 5.74) is 7.76. The zero-order chi connectivity index (χ0) is 36.1. The number of aliphatic hydroxyl groups excluding tert-OH is 1. The quantitative estimate of drug-likeness (QED) is 0.0455. The van der Waals surface area contributed by atoms with Crippen LogP contribution in [0.1, 0.15) is 86.3 Å². The number of unbranched alkanes of at least 4 members (excludes halogenated alkanes) is 3. The molecule has 52 heavy (non-hydrogen) atoms. The van der Waals surface area contributed by atoms with Crippen LogP contribution in [0.2, 0.25) is 0 Å². The smallest absolute Gasteiger partial charge is 0.243 e. The van der Waals surface area contributed by atoms with Crippen molar-refractivity contribution >= 4 is 17.5 Å². The molecule has 2 heterocycles. The third kappa shape index (κ3) is 10.0. The van der Waals surface area contributed by atoms with Gasteiger partial charge in [-0.3, -0.25) is 14.8 Å². The average molecular weight is 704 g/mol. The Bertz CT molecular complexity index is 1800. The number of aliphatic hydroxyl groups is 1. The first-order chi connectivity index (χ1) is 25.5. The molecule has 1 aliphatic rings. The van der Waals surface area contributed by atoms with Crippen LogP contribution in [0.25, 0.3) is 22.6 Å². The molecule has 1 aromatic heterocycles. The Morgan fingerprint density at radius 1 is 0.731 bits per heavy atom. The first-order valence-electron chi connectivity index (χ1n) is 17.9. The predicted molar refractivity (Wildman–Crippen MR) is 197 cm³/mol. The van der Waals surface area contributed by atoms with Gasteiger partial charge >= 0.3 is 0 Å². The van der Waals surface area contributed by atoms with Crippen molar-refractivity contribution in [1.82, 2.24) is 10.5 Å². The highest BCUT2D eigenvalue weighted by atomic mass is 16.7. The van der Waals surface area contributed by atoms with E-state index in [0.717, 1.165) is 52.1 Å². The summed E-state index contributed by atoms with van der Waals surface area (Å²) in [5, 5.41) is 21.1. The van der Waals surface area contributed by atoms with E-state index in [1.165, 1.54) is 0 Å². The number of aromatic nitrogens is 1. The Balaban J connectivity index is 1.12. The molecule has 0 bridgehead atoms. The number of rotatable bonds is 16. The van der Waals surface area contributed by atoms with E-state index in [4.69, 9.17) is 24.1 Å². The van der Waals surface area contributed by atoms with E-state index in [1.807, 2.05) is 109 Å². The molecule has 270 valence electrons. The normalized spacial score (nSPS) is 17.1. The fourth-order valence-corrected chi connectivity index (χ4v) is 6.36. The van der Waals surface area contributed by atoms with Crippen LogP contribution in [-0.2, 0) is 32.1 Å². The molecule has 4 N–H and O–H groups in total. The van der Waals surface area contributed by atoms with Crippen molar-refractivity contribution in [2.75, 3.05) is 5.32 Å². The third-order valence-electron chi connectivity index (χ3n) is 9.20. The number of hydrogen-bond acceptors (Lipinski definition) is 8. The number of hydrogen-bond donors (Lipinski definition) is 4. The first-order valence-corrected chi connectivity index (χ1v) is 17.9. The number of nitrogens with zero attached hydrogens (tertiary/aromatic N) is 1. The van der Waals surface area contributed by atoms with Crippen LogP contribution in [0, 0.1) is 0 Å². The van der Waals surface area contributed by atoms with Gasteiger partial charge in [-0.2, -0.15) is 0 Å². The predicted octanol–water partition coefficient (Wildman–Crippen LogP) is 8.46. The van der Waals surface area contributed by atoms with Crippen LogP contribution in [-0.4, -0.2) is 33.2 Å². The lowest BCUT2D eigenvalue weighted by Crippen LogP contribution is -2.30. The molecule has 1 saturated heterocycles. The molecule has 10 heteroatoms. The summed E-state index contributed by atoms with van der Waals surface area (Å²) in [6.07, 6.45) is 4.50. The van der Waals surface area contributed by atoms with Crippen LogP contribution >= 0.6 is 0 Å². The largest absolute Gasteiger partial charge is 0.440 e. The fraction of sp³-hybridized carbons (Fsp3) is 0.310. The molecule has 5 aromatic rings. The number of aryl methyl sites for hydroxylation is 1. The van der Waals surface area contributed by atoms with Gasteiger partial charge in [0.1, 0.15) is 5.69 Å². The summed E-state index contributed by atoms with van der Waals surface area (Å²) in [4.78, 5) is 28.6. The zero-order valence-corrected chi connectivity index (χ0v) is 29.1. The molecule has 2 amide bonds. The lowest BCUT2D eigenvalue weighted by molar-refractivity contribution is -0.251. The molecule has 0 spiro atoms. The van der Waals surface area contributed by atoms with Gasteiger partial charge in [-0.15, -0.1) is 0 Å². The lowest BCUT2D eigenvalue weighted by atomic mass is 9.98. The molecule has 1 aliphatic heterocycles. The van der Waals surface area contributed by atoms with E-state index < -0.39 is 12.2 Å². The Morgan fingerprint density at radius 3 is 2.02 bits per heavy atom. The zero-order valence-electron chi connectivity index (χ0n) is 29.1. The van der Waals surface area contributed by atoms with Gasteiger partial charge in [0, 0.05) is 48.1 Å². The molecule has 3 atom stereocenters. The molecular weight excluding hydrogens is 658 g/mol. The fourth-order valence-electron chi connectivity index (χ4n) is 6.36. The molecule has 1 fully saturated rings. The summed E-state index contributed by atoms with van der Waals surface area (Å²) in [6, 6.07) is 35.4. The van der Waals surface area contributed by atoms with Crippen LogP contribution < -0.4 is 10.8 Å². The minimum atomic E-state index is -0.636. The monoisotopic (exact) mass is 703 g/mol. The van der Waals surface area contributed by atoms with E-state index >= 15 is 0 Å². The Kier molecular flexibility index (Phi) is 13.0. The van der Waals surface area contributed by atoms with Gasteiger partial charge in [0.25, 0.3) is 0 Å². The maximum absolute atomic E-state index is 12.6. The molecule has 10 nitrogen and oxygen atoms in total. The van der Waals surface area contributed by atoms with E-state index in [2.05, 4.69) is 5.32 Å². The number of anilines is 1. The molecular formula is C42H45N3O7. The maximum Gasteiger partial charge on any atom is 0.243 e. The van der Waals surface area contributed by atoms with E-state index in [0.29, 0.717) is 50.1 Å². The number of ether oxygens (including phenoxy) is 2. The number of oxazole rings is 1. The van der Waals surface area contributed by atoms with Gasteiger partial charge in [0.15, 0.2) is 17.9 Å². The summed E-state index contributed by atoms with van der Waals surface area (Å²) in [5.74, 6) is 0.915. The second kappa shape index (κ2) is 18.4. The number of nitrogens with one attached hydrogen (secondary N) is 2. The maximum atomic E-state index is 12.6. The van der Waals surface area contributed by atoms with E-state index in [1.54, 1.807) is 5.48 Å². The van der Waals surface area contributed by atoms with Gasteiger partial charge in [0.05, 0.1) is 18.8 Å². The Hall–Kier alpha value is -5.13. The average Bonchev–Trinajstić information content (AvgIpc) is 3.63. The summed E-state index contributed by atoms with van der Waals surface area (Å²) < 4.78 is 19.5. The number of carbonyl (C=O) groups excluding carboxylic acids is 2. The second-order valence-electron chi connectivity index (χ2n) is 13.0. The molecule has 0 aliphatic carbocycles. The van der Waals surface area contributed by atoms with Gasteiger partial charge in [-0.05, 0) is 42.5 Å². The summed E-state index contributed by atoms with van der Waals surface area (Å²) in [7, 11) is 0. The number of benzene rings is 4. The van der Waals surface area contributed by atoms with Crippen LogP contribution in [0.15, 0.2) is 114 Å². The van der Waals surface area contributed by atoms with Gasteiger partial charge in [0.2, 0.25) is 11.8 Å². The number of amides is 2. The van der Waals surface area contributed by atoms with Gasteiger partial charge in [-0.1, -0.05) is 110 Å². The van der Waals surface area contributed by atoms with Crippen molar-refractivity contribution < 1.29 is 33.8 Å². The molecule has 1 unspecified atom stereocenters. The summed E-state index contributed by atoms with van der Waals surface area (Å²) in [6.45, 7) is -0.0271. The van der Waals surface area contributed by atoms with Crippen molar-refractivity contribution in [3.8, 4) is 22.6 Å². The highest BCUT2D eigenvalue weighted by Crippen LogP contribution is 2.40. The van der Waals surface area contributed by atoms with E-state index in [9.17, 15) is 14.7 Å². The van der Waals surface area contributed by atoms with Crippen LogP contribution in [0.4, 0.5) is 5.69 Å². The number of carbonyl (C=O) groups is 2. The standard InChI is InChI=1S/C42H45N3O7/c46-28-29-17-19-30(20-18-29)36-27-35(25-26-39-44-40(31-11-5-3-6-12-31)41(52-39)32-13-7-4-8-14-32)50-42(51-36)33-21-23-34(24-22-33)43-37(47)15-9-1-2-10-16-38(48)45-49/h3-8,11-14,17-24,35-36,42,46,49H,1-2,9-10,15-16,25-28H2,(H,43,47)(H,45,48)/t35-,36-,42?/m0/s1. The molecule has 6 rings (SSSR count). The minimum absolute atomic E-state index is 0.0271. The van der Waals surface area contributed by atoms with Crippen molar-refractivity contribution in [3.05, 3.63) is 132 Å². The molecule has 0 radical (unpaired) electrons. The topological polar surface area (TPSA) is 143 Å². The Labute approximate surface area is 303 Å². The Morgan fingerprint density at radius 2 is 1.37 bits per heavy atom. The van der Waals surface area contributed by atoms with E-state index in [-0.39, 0.29) is 31.1 Å². The lowest BCUT2D eigenvalue weighted by Gasteiger charge is -2.36. The van der Waals surface area contributed by atoms with Crippen molar-refractivity contribution in [3.63, 3.8) is 0 Å². The second-order valence-corrected chi connectivity index (χ2v) is 13.0. The number of hydroxylamine groups is 1. The summed E-state index contributed by atoms with van der Waals surface area (Å²) >= 11 is 0. The molecule has 0 saturated carbocycles. The van der Waals surface area contributed by atoms with Crippen LogP contribution in [0.3, 0.4) is 0 Å². The highest BCUT2D eigenvalue weighted by molar-refractivity contribution is 5.90. The van der Waals surface area contributed by atoms with Crippen molar-refractivity contribution in [2.45, 2.75) is 82.9 Å². The van der Waals surface area contributed by atoms with Gasteiger partial charge in [-0.25, -0.2) is 10.5 Å². The van der Waals surface area contributed by atoms with Gasteiger partial charge < -0.3 is 24.3 Å². The van der Waals surface area contributed by atoms with Crippen molar-refractivity contribution in [2.24, 2.45) is 0 Å². The van der Waals surface area contributed by atoms with Crippen LogP contribution in [0.5, 0.6) is 0 Å². The minimum Gasteiger partial charge on any atom is -0.440 e.